The lowest BCUT2D eigenvalue weighted by Crippen LogP contribution is -2.38. The molecule has 0 spiro atoms. The van der Waals surface area contributed by atoms with E-state index in [-0.39, 0.29) is 23.6 Å². The number of benzene rings is 1. The Labute approximate surface area is 248 Å². The number of carbonyl (C=O) groups is 4. The van der Waals surface area contributed by atoms with Crippen LogP contribution in [0.5, 0.6) is 0 Å². The number of aromatic nitrogens is 4. The summed E-state index contributed by atoms with van der Waals surface area (Å²) in [5.74, 6) is -1.06. The van der Waals surface area contributed by atoms with Crippen LogP contribution in [0, 0.1) is 13.8 Å². The van der Waals surface area contributed by atoms with E-state index >= 15 is 0 Å². The van der Waals surface area contributed by atoms with Gasteiger partial charge in [0.15, 0.2) is 5.82 Å². The van der Waals surface area contributed by atoms with Gasteiger partial charge in [0.05, 0.1) is 11.1 Å². The summed E-state index contributed by atoms with van der Waals surface area (Å²) in [7, 11) is 0. The smallest absolute Gasteiger partial charge is 0.419 e. The third-order valence-electron chi connectivity index (χ3n) is 6.53. The van der Waals surface area contributed by atoms with Gasteiger partial charge in [-0.15, -0.1) is 0 Å². The molecule has 0 fully saturated rings. The highest BCUT2D eigenvalue weighted by Gasteiger charge is 2.25. The molecule has 4 rings (SSSR count). The molecule has 43 heavy (non-hydrogen) atoms. The second kappa shape index (κ2) is 14.0. The number of esters is 1. The van der Waals surface area contributed by atoms with Crippen molar-refractivity contribution in [3.63, 3.8) is 0 Å². The van der Waals surface area contributed by atoms with Crippen LogP contribution in [-0.2, 0) is 9.47 Å². The summed E-state index contributed by atoms with van der Waals surface area (Å²) in [5, 5.41) is 10.4. The monoisotopic (exact) mass is 587 g/mol. The minimum Gasteiger partial charge on any atom is -0.424 e. The topological polar surface area (TPSA) is 157 Å². The van der Waals surface area contributed by atoms with E-state index in [0.717, 1.165) is 16.9 Å². The molecule has 224 valence electrons. The lowest BCUT2D eigenvalue weighted by Gasteiger charge is -2.20. The molecule has 3 aromatic heterocycles. The fourth-order valence-electron chi connectivity index (χ4n) is 4.27. The third-order valence-corrected chi connectivity index (χ3v) is 6.53. The number of anilines is 2. The van der Waals surface area contributed by atoms with E-state index in [9.17, 15) is 19.2 Å². The second-order valence-electron chi connectivity index (χ2n) is 9.64. The van der Waals surface area contributed by atoms with Crippen molar-refractivity contribution in [3.05, 3.63) is 83.1 Å². The Morgan fingerprint density at radius 3 is 2.56 bits per heavy atom. The molecule has 4 aromatic rings. The van der Waals surface area contributed by atoms with Gasteiger partial charge in [0, 0.05) is 42.9 Å². The number of pyridine rings is 1. The Morgan fingerprint density at radius 1 is 1.02 bits per heavy atom. The summed E-state index contributed by atoms with van der Waals surface area (Å²) in [6.45, 7) is 7.45. The Balaban J connectivity index is 1.52. The molecule has 0 bridgehead atoms. The average Bonchev–Trinajstić information content (AvgIpc) is 3.36. The van der Waals surface area contributed by atoms with Crippen LogP contribution in [0.25, 0.3) is 5.52 Å². The average molecular weight is 588 g/mol. The van der Waals surface area contributed by atoms with Crippen LogP contribution in [0.2, 0.25) is 0 Å². The molecular weight excluding hydrogens is 554 g/mol. The first-order valence-electron chi connectivity index (χ1n) is 13.8. The summed E-state index contributed by atoms with van der Waals surface area (Å²) in [4.78, 5) is 60.2. The number of amides is 3. The lowest BCUT2D eigenvalue weighted by atomic mass is 10.1. The molecule has 0 atom stereocenters. The standard InChI is InChI=1S/C30H33N7O6/c1-5-11-32-27(38)23-16-37-25(20(23)4)26(33-17-34-37)35-24-14-21(10-9-19(24)3)28(39)36(13-6-2)30(41)43-18-42-29(40)22-8-7-12-31-15-22/h7-10,12,14-17H,5-6,11,13,18H2,1-4H3,(H,32,38)(H,33,34,35). The summed E-state index contributed by atoms with van der Waals surface area (Å²) in [5.41, 5.74) is 3.59. The number of ether oxygens (including phenoxy) is 2. The molecule has 2 N–H and O–H groups in total. The number of rotatable bonds is 11. The van der Waals surface area contributed by atoms with E-state index in [1.165, 1.54) is 24.8 Å². The summed E-state index contributed by atoms with van der Waals surface area (Å²) in [6.07, 6.45) is 6.20. The fourth-order valence-corrected chi connectivity index (χ4v) is 4.27. The molecule has 0 aliphatic carbocycles. The Bertz CT molecular complexity index is 1640. The molecule has 0 aliphatic rings. The number of hydrogen-bond donors (Lipinski definition) is 2. The highest BCUT2D eigenvalue weighted by molar-refractivity contribution is 6.04. The van der Waals surface area contributed by atoms with Crippen molar-refractivity contribution in [3.8, 4) is 0 Å². The van der Waals surface area contributed by atoms with Crippen molar-refractivity contribution in [1.29, 1.82) is 0 Å². The van der Waals surface area contributed by atoms with E-state index in [2.05, 4.69) is 25.7 Å². The van der Waals surface area contributed by atoms with E-state index in [0.29, 0.717) is 41.1 Å². The van der Waals surface area contributed by atoms with Crippen LogP contribution in [-0.4, -0.2) is 68.2 Å². The SMILES string of the molecule is CCCNC(=O)c1cn2ncnc(Nc3cc(C(=O)N(CCC)C(=O)OCOC(=O)c4cccnc4)ccc3C)c2c1C. The van der Waals surface area contributed by atoms with Crippen molar-refractivity contribution in [2.24, 2.45) is 0 Å². The normalized spacial score (nSPS) is 10.7. The molecule has 0 unspecified atom stereocenters. The summed E-state index contributed by atoms with van der Waals surface area (Å²) in [6, 6.07) is 8.05. The van der Waals surface area contributed by atoms with Gasteiger partial charge in [0.2, 0.25) is 6.79 Å². The maximum Gasteiger partial charge on any atom is 0.419 e. The number of nitrogens with one attached hydrogen (secondary N) is 2. The Morgan fingerprint density at radius 2 is 1.84 bits per heavy atom. The maximum absolute atomic E-state index is 13.4. The third kappa shape index (κ3) is 7.12. The van der Waals surface area contributed by atoms with E-state index in [4.69, 9.17) is 9.47 Å². The van der Waals surface area contributed by atoms with Gasteiger partial charge in [-0.3, -0.25) is 14.6 Å². The summed E-state index contributed by atoms with van der Waals surface area (Å²) >= 11 is 0. The molecular formula is C30H33N7O6. The van der Waals surface area contributed by atoms with Gasteiger partial charge in [0.25, 0.3) is 11.8 Å². The first-order chi connectivity index (χ1) is 20.7. The van der Waals surface area contributed by atoms with Crippen molar-refractivity contribution >= 4 is 40.9 Å². The first-order valence-corrected chi connectivity index (χ1v) is 13.8. The molecule has 0 saturated carbocycles. The zero-order chi connectivity index (χ0) is 30.9. The van der Waals surface area contributed by atoms with Gasteiger partial charge in [-0.1, -0.05) is 19.9 Å². The number of hydrogen-bond acceptors (Lipinski definition) is 10. The van der Waals surface area contributed by atoms with Crippen LogP contribution >= 0.6 is 0 Å². The van der Waals surface area contributed by atoms with Crippen molar-refractivity contribution < 1.29 is 28.7 Å². The highest BCUT2D eigenvalue weighted by atomic mass is 16.7. The molecule has 0 radical (unpaired) electrons. The van der Waals surface area contributed by atoms with Gasteiger partial charge in [-0.2, -0.15) is 5.10 Å². The predicted octanol–water partition coefficient (Wildman–Crippen LogP) is 4.43. The Kier molecular flexibility index (Phi) is 9.99. The molecule has 1 aromatic carbocycles. The van der Waals surface area contributed by atoms with Gasteiger partial charge < -0.3 is 20.1 Å². The molecule has 3 amide bonds. The van der Waals surface area contributed by atoms with Crippen molar-refractivity contribution in [2.75, 3.05) is 25.2 Å². The molecule has 3 heterocycles. The van der Waals surface area contributed by atoms with E-state index < -0.39 is 24.8 Å². The van der Waals surface area contributed by atoms with E-state index in [1.807, 2.05) is 27.7 Å². The second-order valence-corrected chi connectivity index (χ2v) is 9.64. The molecule has 13 heteroatoms. The minimum absolute atomic E-state index is 0.0869. The number of fused-ring (bicyclic) bond motifs is 1. The first kappa shape index (κ1) is 30.6. The minimum atomic E-state index is -0.948. The molecule has 0 aliphatic heterocycles. The largest absolute Gasteiger partial charge is 0.424 e. The van der Waals surface area contributed by atoms with Gasteiger partial charge in [-0.25, -0.2) is 24.0 Å². The lowest BCUT2D eigenvalue weighted by molar-refractivity contribution is -0.0105. The number of carbonyl (C=O) groups excluding carboxylic acids is 4. The number of aryl methyl sites for hydroxylation is 2. The Hall–Kier alpha value is -5.33. The zero-order valence-electron chi connectivity index (χ0n) is 24.4. The van der Waals surface area contributed by atoms with Gasteiger partial charge in [0.1, 0.15) is 11.8 Å². The number of imide groups is 1. The predicted molar refractivity (Wildman–Crippen MR) is 157 cm³/mol. The quantitative estimate of drug-likeness (QED) is 0.190. The highest BCUT2D eigenvalue weighted by Crippen LogP contribution is 2.28. The number of nitrogens with zero attached hydrogens (tertiary/aromatic N) is 5. The zero-order valence-corrected chi connectivity index (χ0v) is 24.4. The summed E-state index contributed by atoms with van der Waals surface area (Å²) < 4.78 is 11.6. The van der Waals surface area contributed by atoms with Crippen LogP contribution < -0.4 is 10.6 Å². The van der Waals surface area contributed by atoms with E-state index in [1.54, 1.807) is 35.0 Å². The van der Waals surface area contributed by atoms with Crippen LogP contribution in [0.4, 0.5) is 16.3 Å². The van der Waals surface area contributed by atoms with Crippen molar-refractivity contribution in [2.45, 2.75) is 40.5 Å². The molecule has 13 nitrogen and oxygen atoms in total. The van der Waals surface area contributed by atoms with Crippen LogP contribution in [0.3, 0.4) is 0 Å². The van der Waals surface area contributed by atoms with Gasteiger partial charge >= 0.3 is 12.1 Å². The molecule has 0 saturated heterocycles. The van der Waals surface area contributed by atoms with Gasteiger partial charge in [-0.05, 0) is 62.1 Å². The fraction of sp³-hybridized carbons (Fsp3) is 0.300. The van der Waals surface area contributed by atoms with Crippen LogP contribution in [0.1, 0.15) is 68.9 Å². The van der Waals surface area contributed by atoms with Crippen molar-refractivity contribution in [1.82, 2.24) is 29.8 Å². The maximum atomic E-state index is 13.4. The van der Waals surface area contributed by atoms with Crippen LogP contribution in [0.15, 0.2) is 55.2 Å².